The van der Waals surface area contributed by atoms with Gasteiger partial charge in [-0.15, -0.1) is 11.3 Å². The van der Waals surface area contributed by atoms with E-state index in [1.807, 2.05) is 0 Å². The molecule has 0 aliphatic carbocycles. The predicted octanol–water partition coefficient (Wildman–Crippen LogP) is 5.80. The summed E-state index contributed by atoms with van der Waals surface area (Å²) in [5, 5.41) is 3.20. The Morgan fingerprint density at radius 2 is 1.87 bits per heavy atom. The van der Waals surface area contributed by atoms with Gasteiger partial charge in [0.25, 0.3) is 11.6 Å². The molecule has 0 atom stereocenters. The highest BCUT2D eigenvalue weighted by Gasteiger charge is 2.21. The highest BCUT2D eigenvalue weighted by Crippen LogP contribution is 2.43. The zero-order chi connectivity index (χ0) is 27.9. The van der Waals surface area contributed by atoms with Gasteiger partial charge >= 0.3 is 0 Å². The molecule has 3 heterocycles. The fraction of sp³-hybridized carbons (Fsp3) is 0.154. The number of thiophene rings is 1. The lowest BCUT2D eigenvalue weighted by Crippen LogP contribution is -2.16. The van der Waals surface area contributed by atoms with Crippen molar-refractivity contribution in [2.24, 2.45) is 7.05 Å². The van der Waals surface area contributed by atoms with Crippen molar-refractivity contribution in [3.05, 3.63) is 76.8 Å². The molecule has 2 N–H and O–H groups in total. The van der Waals surface area contributed by atoms with Crippen molar-refractivity contribution in [2.45, 2.75) is 6.92 Å². The van der Waals surface area contributed by atoms with E-state index >= 15 is 0 Å². The highest BCUT2D eigenvalue weighted by molar-refractivity contribution is 7.92. The van der Waals surface area contributed by atoms with Crippen LogP contribution < -0.4 is 20.3 Å². The molecule has 13 heteroatoms. The van der Waals surface area contributed by atoms with Gasteiger partial charge in [0, 0.05) is 43.2 Å². The van der Waals surface area contributed by atoms with Gasteiger partial charge in [-0.2, -0.15) is 0 Å². The minimum atomic E-state index is -3.61. The Kier molecular flexibility index (Phi) is 6.87. The summed E-state index contributed by atoms with van der Waals surface area (Å²) in [6.45, 7) is 1.50. The van der Waals surface area contributed by atoms with Gasteiger partial charge in [-0.05, 0) is 43.3 Å². The van der Waals surface area contributed by atoms with Gasteiger partial charge in [-0.25, -0.2) is 22.2 Å². The first kappa shape index (κ1) is 26.4. The van der Waals surface area contributed by atoms with E-state index in [9.17, 15) is 22.0 Å². The number of hydrogen-bond donors (Lipinski definition) is 2. The molecule has 0 fully saturated rings. The number of halogens is 2. The molecule has 0 aliphatic rings. The quantitative estimate of drug-likeness (QED) is 0.242. The Morgan fingerprint density at radius 3 is 2.56 bits per heavy atom. The number of oxazole rings is 1. The summed E-state index contributed by atoms with van der Waals surface area (Å²) in [7, 11) is -0.365. The molecule has 202 valence electrons. The molecular formula is C26H22F2N4O5S2. The smallest absolute Gasteiger partial charge is 0.294 e. The predicted molar refractivity (Wildman–Crippen MR) is 147 cm³/mol. The Labute approximate surface area is 225 Å². The number of rotatable bonds is 8. The van der Waals surface area contributed by atoms with Gasteiger partial charge in [0.2, 0.25) is 10.0 Å². The summed E-state index contributed by atoms with van der Waals surface area (Å²) in [6.07, 6.45) is 3.12. The van der Waals surface area contributed by atoms with Crippen molar-refractivity contribution in [1.29, 1.82) is 0 Å². The summed E-state index contributed by atoms with van der Waals surface area (Å²) >= 11 is 1.27. The lowest BCUT2D eigenvalue weighted by molar-refractivity contribution is 0.439. The molecule has 0 aliphatic heterocycles. The number of nitrogens with one attached hydrogen (secondary N) is 2. The van der Waals surface area contributed by atoms with Crippen LogP contribution in [0.15, 0.2) is 64.1 Å². The largest absolute Gasteiger partial charge is 0.454 e. The third kappa shape index (κ3) is 5.22. The van der Waals surface area contributed by atoms with Crippen LogP contribution in [0.4, 0.5) is 20.5 Å². The van der Waals surface area contributed by atoms with Gasteiger partial charge in [-0.3, -0.25) is 9.52 Å². The first-order valence-corrected chi connectivity index (χ1v) is 14.1. The molecule has 3 aromatic heterocycles. The van der Waals surface area contributed by atoms with Crippen molar-refractivity contribution < 1.29 is 26.4 Å². The number of hydrogen-bond acceptors (Lipinski definition) is 8. The van der Waals surface area contributed by atoms with Crippen LogP contribution >= 0.6 is 11.3 Å². The fourth-order valence-corrected chi connectivity index (χ4v) is 5.64. The molecule has 9 nitrogen and oxygen atoms in total. The lowest BCUT2D eigenvalue weighted by atomic mass is 10.0. The topological polar surface area (TPSA) is 115 Å². The van der Waals surface area contributed by atoms with Crippen LogP contribution in [0.25, 0.3) is 31.9 Å². The Balaban J connectivity index is 1.73. The molecule has 5 aromatic rings. The number of benzene rings is 2. The number of sulfonamides is 1. The molecule has 0 amide bonds. The molecule has 2 aromatic carbocycles. The maximum absolute atomic E-state index is 14.5. The number of ether oxygens (including phenoxy) is 1. The molecule has 0 unspecified atom stereocenters. The number of anilines is 2. The minimum absolute atomic E-state index is 0.147. The van der Waals surface area contributed by atoms with Crippen molar-refractivity contribution in [2.75, 3.05) is 22.8 Å². The van der Waals surface area contributed by atoms with E-state index in [4.69, 9.17) is 9.15 Å². The van der Waals surface area contributed by atoms with Crippen molar-refractivity contribution in [3.63, 3.8) is 0 Å². The minimum Gasteiger partial charge on any atom is -0.454 e. The van der Waals surface area contributed by atoms with Crippen molar-refractivity contribution in [3.8, 4) is 33.3 Å². The van der Waals surface area contributed by atoms with Crippen LogP contribution in [-0.4, -0.2) is 30.8 Å². The normalized spacial score (nSPS) is 11.6. The lowest BCUT2D eigenvalue weighted by Gasteiger charge is -2.16. The first-order valence-electron chi connectivity index (χ1n) is 11.6. The Hall–Kier alpha value is -4.23. The van der Waals surface area contributed by atoms with Crippen LogP contribution in [0.2, 0.25) is 0 Å². The number of nitrogens with zero attached hydrogens (tertiary/aromatic N) is 2. The number of aromatic nitrogens is 2. The van der Waals surface area contributed by atoms with Crippen molar-refractivity contribution in [1.82, 2.24) is 9.55 Å². The van der Waals surface area contributed by atoms with Gasteiger partial charge < -0.3 is 19.0 Å². The van der Waals surface area contributed by atoms with Gasteiger partial charge in [-0.1, -0.05) is 0 Å². The number of aryl methyl sites for hydroxylation is 1. The van der Waals surface area contributed by atoms with Gasteiger partial charge in [0.15, 0.2) is 17.3 Å². The third-order valence-electron chi connectivity index (χ3n) is 5.85. The van der Waals surface area contributed by atoms with Crippen LogP contribution in [0.3, 0.4) is 0 Å². The first-order chi connectivity index (χ1) is 18.6. The summed E-state index contributed by atoms with van der Waals surface area (Å²) in [4.78, 5) is 17.8. The maximum Gasteiger partial charge on any atom is 0.294 e. The fourth-order valence-electron chi connectivity index (χ4n) is 3.89. The second-order valence-corrected chi connectivity index (χ2v) is 11.5. The summed E-state index contributed by atoms with van der Waals surface area (Å²) in [6, 6.07) is 9.41. The van der Waals surface area contributed by atoms with Crippen LogP contribution in [-0.2, 0) is 17.1 Å². The highest BCUT2D eigenvalue weighted by atomic mass is 32.2. The molecule has 5 rings (SSSR count). The van der Waals surface area contributed by atoms with Crippen LogP contribution in [0.5, 0.6) is 11.5 Å². The summed E-state index contributed by atoms with van der Waals surface area (Å²) in [5.41, 5.74) is 0.871. The molecule has 0 spiro atoms. The van der Waals surface area contributed by atoms with Gasteiger partial charge in [0.1, 0.15) is 11.6 Å². The molecule has 0 saturated heterocycles. The number of fused-ring (bicyclic) bond motifs is 1. The van der Waals surface area contributed by atoms with E-state index in [1.54, 1.807) is 26.4 Å². The van der Waals surface area contributed by atoms with E-state index in [1.165, 1.54) is 47.2 Å². The maximum atomic E-state index is 14.5. The second-order valence-electron chi connectivity index (χ2n) is 8.49. The van der Waals surface area contributed by atoms with E-state index in [2.05, 4.69) is 15.0 Å². The standard InChI is InChI=1S/C26H22F2N4O5S2/c1-4-39(34,35)31-15-6-8-20(36-21-7-5-14(27)9-19(21)28)16(10-15)18-13-32(3)25(33)17-11-23(38-24(17)18)22-12-30-26(29-2)37-22/h5-13,31H,4H2,1-3H3,(H,29,30). The molecule has 0 radical (unpaired) electrons. The molecule has 39 heavy (non-hydrogen) atoms. The monoisotopic (exact) mass is 572 g/mol. The van der Waals surface area contributed by atoms with Crippen LogP contribution in [0, 0.1) is 11.6 Å². The summed E-state index contributed by atoms with van der Waals surface area (Å²) < 4.78 is 68.5. The van der Waals surface area contributed by atoms with E-state index in [0.717, 1.165) is 12.1 Å². The Bertz CT molecular complexity index is 1880. The molecule has 0 bridgehead atoms. The van der Waals surface area contributed by atoms with Crippen molar-refractivity contribution >= 4 is 43.1 Å². The SMILES string of the molecule is CCS(=O)(=O)Nc1ccc(Oc2ccc(F)cc2F)c(-c2cn(C)c(=O)c3cc(-c4cnc(NC)o4)sc23)c1. The summed E-state index contributed by atoms with van der Waals surface area (Å²) in [5.74, 6) is -1.44. The zero-order valence-electron chi connectivity index (χ0n) is 20.9. The zero-order valence-corrected chi connectivity index (χ0v) is 22.5. The molecule has 0 saturated carbocycles. The average Bonchev–Trinajstić information content (AvgIpc) is 3.56. The average molecular weight is 573 g/mol. The van der Waals surface area contributed by atoms with Gasteiger partial charge in [0.05, 0.1) is 26.9 Å². The van der Waals surface area contributed by atoms with Crippen LogP contribution in [0.1, 0.15) is 6.92 Å². The molecular weight excluding hydrogens is 550 g/mol. The van der Waals surface area contributed by atoms with E-state index in [-0.39, 0.29) is 28.5 Å². The number of pyridine rings is 1. The second kappa shape index (κ2) is 10.2. The van der Waals surface area contributed by atoms with E-state index < -0.39 is 21.7 Å². The Morgan fingerprint density at radius 1 is 1.10 bits per heavy atom. The third-order valence-corrected chi connectivity index (χ3v) is 8.34. The van der Waals surface area contributed by atoms with E-state index in [0.29, 0.717) is 43.9 Å².